The molecule has 0 radical (unpaired) electrons. The number of hydrogen-bond acceptors (Lipinski definition) is 3. The van der Waals surface area contributed by atoms with Crippen molar-refractivity contribution in [2.24, 2.45) is 10.4 Å². The van der Waals surface area contributed by atoms with Crippen LogP contribution in [0.15, 0.2) is 34.5 Å². The summed E-state index contributed by atoms with van der Waals surface area (Å²) >= 11 is 6.33. The molecule has 0 fully saturated rings. The molecule has 1 aromatic carbocycles. The Balaban J connectivity index is 2.54. The lowest BCUT2D eigenvalue weighted by Crippen LogP contribution is -2.33. The minimum atomic E-state index is -0.691. The molecule has 0 aliphatic carbocycles. The monoisotopic (exact) mass is 418 g/mol. The minimum Gasteiger partial charge on any atom is -0.462 e. The summed E-state index contributed by atoms with van der Waals surface area (Å²) in [7, 11) is 0. The third kappa shape index (κ3) is 5.67. The number of rotatable bonds is 6. The number of allylic oxidation sites excluding steroid dienone is 1. The van der Waals surface area contributed by atoms with Crippen LogP contribution in [0.25, 0.3) is 4.85 Å². The molecule has 0 N–H and O–H groups in total. The van der Waals surface area contributed by atoms with Crippen LogP contribution in [0.1, 0.15) is 65.4 Å². The van der Waals surface area contributed by atoms with Crippen molar-refractivity contribution < 1.29 is 13.9 Å². The Bertz CT molecular complexity index is 878. The van der Waals surface area contributed by atoms with Crippen LogP contribution in [0.2, 0.25) is 5.02 Å². The fourth-order valence-electron chi connectivity index (χ4n) is 3.36. The van der Waals surface area contributed by atoms with E-state index in [0.717, 1.165) is 6.42 Å². The number of nitrogens with zero attached hydrogens (tertiary/aromatic N) is 2. The lowest BCUT2D eigenvalue weighted by Gasteiger charge is -2.28. The largest absolute Gasteiger partial charge is 0.462 e. The first-order valence-electron chi connectivity index (χ1n) is 9.86. The third-order valence-corrected chi connectivity index (χ3v) is 5.23. The van der Waals surface area contributed by atoms with Crippen molar-refractivity contribution >= 4 is 23.3 Å². The fourth-order valence-corrected chi connectivity index (χ4v) is 3.65. The van der Waals surface area contributed by atoms with Crippen molar-refractivity contribution in [2.45, 2.75) is 65.8 Å². The highest BCUT2D eigenvalue weighted by Gasteiger charge is 2.43. The van der Waals surface area contributed by atoms with Gasteiger partial charge in [0.05, 0.1) is 23.6 Å². The molecule has 0 saturated carbocycles. The van der Waals surface area contributed by atoms with Crippen LogP contribution in [-0.4, -0.2) is 24.3 Å². The number of halogens is 2. The molecule has 1 heterocycles. The summed E-state index contributed by atoms with van der Waals surface area (Å²) in [6.07, 6.45) is 2.09. The molecule has 1 aromatic rings. The van der Waals surface area contributed by atoms with E-state index in [1.54, 1.807) is 13.0 Å². The van der Waals surface area contributed by atoms with E-state index in [0.29, 0.717) is 35.4 Å². The molecule has 4 nitrogen and oxygen atoms in total. The lowest BCUT2D eigenvalue weighted by atomic mass is 9.79. The molecule has 1 aliphatic rings. The maximum absolute atomic E-state index is 13.6. The predicted octanol–water partition coefficient (Wildman–Crippen LogP) is 6.36. The molecule has 2 rings (SSSR count). The number of esters is 1. The van der Waals surface area contributed by atoms with Gasteiger partial charge in [-0.25, -0.2) is 15.8 Å². The highest BCUT2D eigenvalue weighted by atomic mass is 35.5. The van der Waals surface area contributed by atoms with Crippen LogP contribution in [0.3, 0.4) is 0 Å². The summed E-state index contributed by atoms with van der Waals surface area (Å²) in [5.74, 6) is -1.58. The molecule has 2 atom stereocenters. The molecule has 0 amide bonds. The van der Waals surface area contributed by atoms with E-state index in [9.17, 15) is 9.18 Å². The minimum absolute atomic E-state index is 0.0287. The van der Waals surface area contributed by atoms with Crippen molar-refractivity contribution in [3.05, 3.63) is 57.3 Å². The van der Waals surface area contributed by atoms with E-state index >= 15 is 0 Å². The first kappa shape index (κ1) is 23.1. The number of ether oxygens (including phenoxy) is 1. The second-order valence-corrected chi connectivity index (χ2v) is 8.93. The number of carbonyl (C=O) groups excluding carboxylic acids is 1. The van der Waals surface area contributed by atoms with Gasteiger partial charge in [-0.2, -0.15) is 0 Å². The normalized spacial score (nSPS) is 19.6. The first-order chi connectivity index (χ1) is 13.6. The van der Waals surface area contributed by atoms with E-state index in [-0.39, 0.29) is 17.0 Å². The fraction of sp³-hybridized carbons (Fsp3) is 0.522. The first-order valence-corrected chi connectivity index (χ1v) is 10.2. The average molecular weight is 419 g/mol. The summed E-state index contributed by atoms with van der Waals surface area (Å²) < 4.78 is 19.2. The molecular weight excluding hydrogens is 391 g/mol. The number of hydrogen-bond donors (Lipinski definition) is 0. The molecule has 0 spiro atoms. The molecule has 0 bridgehead atoms. The summed E-state index contributed by atoms with van der Waals surface area (Å²) in [4.78, 5) is 21.4. The molecule has 29 heavy (non-hydrogen) atoms. The Morgan fingerprint density at radius 2 is 2.07 bits per heavy atom. The third-order valence-electron chi connectivity index (χ3n) is 4.91. The average Bonchev–Trinajstić information content (AvgIpc) is 2.60. The van der Waals surface area contributed by atoms with E-state index in [2.05, 4.69) is 30.6 Å². The van der Waals surface area contributed by atoms with E-state index in [4.69, 9.17) is 22.9 Å². The van der Waals surface area contributed by atoms with Crippen molar-refractivity contribution in [3.63, 3.8) is 0 Å². The van der Waals surface area contributed by atoms with Crippen molar-refractivity contribution in [3.8, 4) is 0 Å². The van der Waals surface area contributed by atoms with Gasteiger partial charge in [-0.3, -0.25) is 4.99 Å². The Hall–Kier alpha value is -2.19. The van der Waals surface area contributed by atoms with Gasteiger partial charge in [0.15, 0.2) is 0 Å². The van der Waals surface area contributed by atoms with Crippen molar-refractivity contribution in [1.29, 1.82) is 0 Å². The standard InChI is InChI=1S/C23H28ClFN2O2/c1-7-8-18-20(22(28)29-12-11-23(3,4)5)19(21(26-6)14(2)27-18)16-10-9-15(25)13-17(16)24/h9-10,13,19,21H,7-8,11-12H2,1-5H3. The second-order valence-electron chi connectivity index (χ2n) is 8.53. The highest BCUT2D eigenvalue weighted by Crippen LogP contribution is 2.41. The molecule has 156 valence electrons. The van der Waals surface area contributed by atoms with Crippen LogP contribution >= 0.6 is 11.6 Å². The van der Waals surface area contributed by atoms with Gasteiger partial charge in [-0.05, 0) is 42.9 Å². The van der Waals surface area contributed by atoms with Crippen LogP contribution in [0.4, 0.5) is 4.39 Å². The van der Waals surface area contributed by atoms with Crippen LogP contribution < -0.4 is 0 Å². The van der Waals surface area contributed by atoms with Crippen LogP contribution in [-0.2, 0) is 9.53 Å². The number of carbonyl (C=O) groups is 1. The van der Waals surface area contributed by atoms with Crippen LogP contribution in [0.5, 0.6) is 0 Å². The second kappa shape index (κ2) is 9.54. The van der Waals surface area contributed by atoms with Gasteiger partial charge < -0.3 is 9.58 Å². The summed E-state index contributed by atoms with van der Waals surface area (Å²) in [6, 6.07) is 3.36. The van der Waals surface area contributed by atoms with Crippen LogP contribution in [0, 0.1) is 17.8 Å². The zero-order chi connectivity index (χ0) is 21.8. The Labute approximate surface area is 177 Å². The molecule has 1 aliphatic heterocycles. The van der Waals surface area contributed by atoms with Gasteiger partial charge in [-0.1, -0.05) is 51.8 Å². The zero-order valence-corrected chi connectivity index (χ0v) is 18.4. The Kier molecular flexibility index (Phi) is 7.60. The van der Waals surface area contributed by atoms with E-state index in [1.165, 1.54) is 12.1 Å². The molecule has 6 heteroatoms. The quantitative estimate of drug-likeness (QED) is 0.398. The van der Waals surface area contributed by atoms with Gasteiger partial charge >= 0.3 is 5.97 Å². The zero-order valence-electron chi connectivity index (χ0n) is 17.7. The van der Waals surface area contributed by atoms with E-state index in [1.807, 2.05) is 6.92 Å². The highest BCUT2D eigenvalue weighted by molar-refractivity contribution is 6.31. The van der Waals surface area contributed by atoms with Gasteiger partial charge in [-0.15, -0.1) is 0 Å². The SMILES string of the molecule is [C-]#[N+]C1C(C)=NC(CCC)=C(C(=O)OCCC(C)(C)C)C1c1ccc(F)cc1Cl. The number of aliphatic imine (C=N–C) groups is 1. The molecule has 2 unspecified atom stereocenters. The maximum atomic E-state index is 13.6. The summed E-state index contributed by atoms with van der Waals surface area (Å²) in [5.41, 5.74) is 2.18. The van der Waals surface area contributed by atoms with Gasteiger partial charge in [0.2, 0.25) is 0 Å². The Morgan fingerprint density at radius 1 is 1.38 bits per heavy atom. The number of benzene rings is 1. The topological polar surface area (TPSA) is 43.0 Å². The summed E-state index contributed by atoms with van der Waals surface area (Å²) in [6.45, 7) is 18.0. The Morgan fingerprint density at radius 3 is 2.62 bits per heavy atom. The van der Waals surface area contributed by atoms with Gasteiger partial charge in [0, 0.05) is 5.02 Å². The smallest absolute Gasteiger partial charge is 0.336 e. The van der Waals surface area contributed by atoms with Crippen molar-refractivity contribution in [1.82, 2.24) is 0 Å². The van der Waals surface area contributed by atoms with Gasteiger partial charge in [0.25, 0.3) is 6.04 Å². The van der Waals surface area contributed by atoms with Gasteiger partial charge in [0.1, 0.15) is 11.7 Å². The molecule has 0 saturated heterocycles. The maximum Gasteiger partial charge on any atom is 0.336 e. The summed E-state index contributed by atoms with van der Waals surface area (Å²) in [5, 5.41) is 0.189. The molecular formula is C23H28ClFN2O2. The molecule has 0 aromatic heterocycles. The lowest BCUT2D eigenvalue weighted by molar-refractivity contribution is -0.140. The van der Waals surface area contributed by atoms with E-state index < -0.39 is 23.7 Å². The predicted molar refractivity (Wildman–Crippen MR) is 115 cm³/mol. The van der Waals surface area contributed by atoms with Crippen molar-refractivity contribution in [2.75, 3.05) is 6.61 Å².